The fourth-order valence-electron chi connectivity index (χ4n) is 1.39. The minimum atomic E-state index is -0.761. The van der Waals surface area contributed by atoms with Crippen LogP contribution in [0.5, 0.6) is 0 Å². The third-order valence-corrected chi connectivity index (χ3v) is 3.15. The van der Waals surface area contributed by atoms with E-state index in [0.29, 0.717) is 0 Å². The van der Waals surface area contributed by atoms with E-state index in [1.807, 2.05) is 0 Å². The second-order valence-corrected chi connectivity index (χ2v) is 4.80. The van der Waals surface area contributed by atoms with Crippen LogP contribution in [0, 0.1) is 11.6 Å². The Balaban J connectivity index is 2.31. The molecule has 2 aromatic rings. The molecule has 0 spiro atoms. The molecule has 0 saturated carbocycles. The summed E-state index contributed by atoms with van der Waals surface area (Å²) in [7, 11) is 0. The second-order valence-electron chi connectivity index (χ2n) is 3.53. The Bertz CT molecular complexity index is 631. The van der Waals surface area contributed by atoms with E-state index in [1.54, 1.807) is 0 Å². The molecular formula is C12H6BrClF2N2O. The highest BCUT2D eigenvalue weighted by Crippen LogP contribution is 2.23. The van der Waals surface area contributed by atoms with Gasteiger partial charge in [-0.15, -0.1) is 0 Å². The predicted molar refractivity (Wildman–Crippen MR) is 71.3 cm³/mol. The third-order valence-electron chi connectivity index (χ3n) is 2.23. The van der Waals surface area contributed by atoms with Gasteiger partial charge in [0.05, 0.1) is 21.3 Å². The molecule has 3 nitrogen and oxygen atoms in total. The van der Waals surface area contributed by atoms with Crippen molar-refractivity contribution < 1.29 is 13.6 Å². The number of nitrogens with zero attached hydrogens (tertiary/aromatic N) is 1. The van der Waals surface area contributed by atoms with Crippen LogP contribution >= 0.6 is 27.5 Å². The summed E-state index contributed by atoms with van der Waals surface area (Å²) in [5.74, 6) is -1.99. The van der Waals surface area contributed by atoms with Crippen molar-refractivity contribution in [3.63, 3.8) is 0 Å². The van der Waals surface area contributed by atoms with Crippen LogP contribution in [0.2, 0.25) is 5.02 Å². The molecule has 0 fully saturated rings. The van der Waals surface area contributed by atoms with Crippen molar-refractivity contribution in [1.29, 1.82) is 0 Å². The molecule has 0 aliphatic rings. The molecule has 0 aliphatic heterocycles. The number of carbonyl (C=O) groups excluding carboxylic acids is 1. The molecule has 19 heavy (non-hydrogen) atoms. The fourth-order valence-corrected chi connectivity index (χ4v) is 2.06. The van der Waals surface area contributed by atoms with Gasteiger partial charge in [0.15, 0.2) is 0 Å². The standard InChI is InChI=1S/C12H6BrClF2N2O/c13-7-4-6(15)5-17-11(7)18-12(19)10-8(14)2-1-3-9(10)16/h1-5H,(H,17,18,19). The van der Waals surface area contributed by atoms with Crippen molar-refractivity contribution in [2.24, 2.45) is 0 Å². The quantitative estimate of drug-likeness (QED) is 0.891. The minimum absolute atomic E-state index is 0.0178. The third kappa shape index (κ3) is 3.08. The first-order chi connectivity index (χ1) is 8.99. The van der Waals surface area contributed by atoms with Crippen LogP contribution in [0.1, 0.15) is 10.4 Å². The van der Waals surface area contributed by atoms with Crippen molar-refractivity contribution in [1.82, 2.24) is 4.98 Å². The first kappa shape index (κ1) is 13.9. The summed E-state index contributed by atoms with van der Waals surface area (Å²) in [4.78, 5) is 15.6. The van der Waals surface area contributed by atoms with Crippen molar-refractivity contribution in [3.05, 3.63) is 57.2 Å². The van der Waals surface area contributed by atoms with Gasteiger partial charge in [0.25, 0.3) is 5.91 Å². The summed E-state index contributed by atoms with van der Waals surface area (Å²) in [5.41, 5.74) is -0.290. The van der Waals surface area contributed by atoms with Crippen LogP contribution in [0.3, 0.4) is 0 Å². The molecule has 0 bridgehead atoms. The molecule has 1 N–H and O–H groups in total. The maximum atomic E-state index is 13.5. The van der Waals surface area contributed by atoms with E-state index in [1.165, 1.54) is 12.1 Å². The van der Waals surface area contributed by atoms with Crippen LogP contribution in [-0.4, -0.2) is 10.9 Å². The Labute approximate surface area is 120 Å². The van der Waals surface area contributed by atoms with Gasteiger partial charge in [0, 0.05) is 0 Å². The Morgan fingerprint density at radius 2 is 2.11 bits per heavy atom. The van der Waals surface area contributed by atoms with Crippen LogP contribution < -0.4 is 5.32 Å². The largest absolute Gasteiger partial charge is 0.305 e. The summed E-state index contributed by atoms with van der Waals surface area (Å²) in [5, 5.41) is 2.33. The highest BCUT2D eigenvalue weighted by Gasteiger charge is 2.17. The molecule has 0 aliphatic carbocycles. The van der Waals surface area contributed by atoms with Crippen molar-refractivity contribution in [2.45, 2.75) is 0 Å². The first-order valence-corrected chi connectivity index (χ1v) is 6.22. The summed E-state index contributed by atoms with van der Waals surface area (Å²) in [6.07, 6.45) is 0.934. The molecule has 0 atom stereocenters. The number of amides is 1. The molecule has 1 heterocycles. The topological polar surface area (TPSA) is 42.0 Å². The molecule has 7 heteroatoms. The van der Waals surface area contributed by atoms with Gasteiger partial charge in [-0.25, -0.2) is 13.8 Å². The number of aromatic nitrogens is 1. The number of halogens is 4. The number of nitrogens with one attached hydrogen (secondary N) is 1. The zero-order chi connectivity index (χ0) is 14.0. The van der Waals surface area contributed by atoms with Gasteiger partial charge in [0.2, 0.25) is 0 Å². The summed E-state index contributed by atoms with van der Waals surface area (Å²) in [6, 6.07) is 5.03. The average molecular weight is 348 g/mol. The van der Waals surface area contributed by atoms with Gasteiger partial charge in [-0.05, 0) is 34.1 Å². The maximum absolute atomic E-state index is 13.5. The lowest BCUT2D eigenvalue weighted by Crippen LogP contribution is -2.15. The van der Waals surface area contributed by atoms with E-state index < -0.39 is 17.5 Å². The number of hydrogen-bond acceptors (Lipinski definition) is 2. The van der Waals surface area contributed by atoms with Crippen LogP contribution in [0.4, 0.5) is 14.6 Å². The van der Waals surface area contributed by atoms with Gasteiger partial charge in [-0.2, -0.15) is 0 Å². The molecular weight excluding hydrogens is 341 g/mol. The highest BCUT2D eigenvalue weighted by molar-refractivity contribution is 9.10. The van der Waals surface area contributed by atoms with Gasteiger partial charge >= 0.3 is 0 Å². The summed E-state index contributed by atoms with van der Waals surface area (Å²) < 4.78 is 26.6. The molecule has 0 saturated heterocycles. The molecule has 98 valence electrons. The van der Waals surface area contributed by atoms with E-state index in [0.717, 1.165) is 18.3 Å². The zero-order valence-corrected chi connectivity index (χ0v) is 11.6. The number of rotatable bonds is 2. The number of carbonyl (C=O) groups is 1. The molecule has 2 rings (SSSR count). The van der Waals surface area contributed by atoms with Gasteiger partial charge in [0.1, 0.15) is 17.5 Å². The fraction of sp³-hybridized carbons (Fsp3) is 0. The maximum Gasteiger partial charge on any atom is 0.261 e. The zero-order valence-electron chi connectivity index (χ0n) is 9.25. The second kappa shape index (κ2) is 5.63. The van der Waals surface area contributed by atoms with Gasteiger partial charge in [-0.1, -0.05) is 17.7 Å². The van der Waals surface area contributed by atoms with E-state index >= 15 is 0 Å². The predicted octanol–water partition coefficient (Wildman–Crippen LogP) is 4.03. The number of pyridine rings is 1. The van der Waals surface area contributed by atoms with Crippen LogP contribution in [0.15, 0.2) is 34.9 Å². The monoisotopic (exact) mass is 346 g/mol. The average Bonchev–Trinajstić information content (AvgIpc) is 2.32. The lowest BCUT2D eigenvalue weighted by atomic mass is 10.2. The lowest BCUT2D eigenvalue weighted by molar-refractivity contribution is 0.102. The van der Waals surface area contributed by atoms with E-state index in [9.17, 15) is 13.6 Å². The SMILES string of the molecule is O=C(Nc1ncc(F)cc1Br)c1c(F)cccc1Cl. The molecule has 1 aromatic heterocycles. The van der Waals surface area contributed by atoms with Crippen molar-refractivity contribution in [2.75, 3.05) is 5.32 Å². The van der Waals surface area contributed by atoms with Crippen LogP contribution in [-0.2, 0) is 0 Å². The number of benzene rings is 1. The molecule has 0 radical (unpaired) electrons. The van der Waals surface area contributed by atoms with Gasteiger partial charge in [-0.3, -0.25) is 4.79 Å². The summed E-state index contributed by atoms with van der Waals surface area (Å²) in [6.45, 7) is 0. The Morgan fingerprint density at radius 3 is 2.74 bits per heavy atom. The normalized spacial score (nSPS) is 10.3. The first-order valence-electron chi connectivity index (χ1n) is 5.05. The molecule has 1 amide bonds. The Morgan fingerprint density at radius 1 is 1.37 bits per heavy atom. The molecule has 0 unspecified atom stereocenters. The Kier molecular flexibility index (Phi) is 4.11. The number of anilines is 1. The Hall–Kier alpha value is -1.53. The van der Waals surface area contributed by atoms with Gasteiger partial charge < -0.3 is 5.32 Å². The van der Waals surface area contributed by atoms with E-state index in [-0.39, 0.29) is 20.9 Å². The number of hydrogen-bond donors (Lipinski definition) is 1. The van der Waals surface area contributed by atoms with Crippen molar-refractivity contribution >= 4 is 39.3 Å². The minimum Gasteiger partial charge on any atom is -0.305 e. The summed E-state index contributed by atoms with van der Waals surface area (Å²) >= 11 is 8.80. The highest BCUT2D eigenvalue weighted by atomic mass is 79.9. The van der Waals surface area contributed by atoms with Crippen molar-refractivity contribution in [3.8, 4) is 0 Å². The lowest BCUT2D eigenvalue weighted by Gasteiger charge is -2.08. The van der Waals surface area contributed by atoms with Crippen LogP contribution in [0.25, 0.3) is 0 Å². The van der Waals surface area contributed by atoms with E-state index in [2.05, 4.69) is 26.2 Å². The van der Waals surface area contributed by atoms with E-state index in [4.69, 9.17) is 11.6 Å². The molecule has 1 aromatic carbocycles. The smallest absolute Gasteiger partial charge is 0.261 e.